The summed E-state index contributed by atoms with van der Waals surface area (Å²) in [7, 11) is -1.59. The van der Waals surface area contributed by atoms with E-state index in [-0.39, 0.29) is 16.8 Å². The zero-order valence-electron chi connectivity index (χ0n) is 11.5. The Morgan fingerprint density at radius 3 is 2.24 bits per heavy atom. The Hall–Kier alpha value is -1.92. The van der Waals surface area contributed by atoms with Crippen LogP contribution in [-0.2, 0) is 0 Å². The molecule has 2 aromatic rings. The Morgan fingerprint density at radius 1 is 1.00 bits per heavy atom. The Kier molecular flexibility index (Phi) is 4.93. The molecule has 0 saturated carbocycles. The number of hydrogen-bond acceptors (Lipinski definition) is 3. The van der Waals surface area contributed by atoms with Crippen molar-refractivity contribution in [1.29, 1.82) is 0 Å². The lowest BCUT2D eigenvalue weighted by Gasteiger charge is -2.10. The minimum atomic E-state index is -1.59. The van der Waals surface area contributed by atoms with Crippen molar-refractivity contribution in [2.24, 2.45) is 0 Å². The molecule has 0 radical (unpaired) electrons. The van der Waals surface area contributed by atoms with Gasteiger partial charge in [0.2, 0.25) is 5.82 Å². The first-order chi connectivity index (χ1) is 10.0. The van der Waals surface area contributed by atoms with Crippen molar-refractivity contribution in [1.82, 2.24) is 0 Å². The van der Waals surface area contributed by atoms with Gasteiger partial charge in [-0.1, -0.05) is 31.2 Å². The van der Waals surface area contributed by atoms with Crippen molar-refractivity contribution in [3.8, 4) is 16.9 Å². The highest BCUT2D eigenvalue weighted by atomic mass is 19.2. The molecule has 0 heterocycles. The van der Waals surface area contributed by atoms with Crippen LogP contribution in [0.3, 0.4) is 0 Å². The molecule has 0 atom stereocenters. The molecule has 110 valence electrons. The Balaban J connectivity index is 2.34. The number of ether oxygens (including phenoxy) is 1. The second-order valence-electron chi connectivity index (χ2n) is 4.58. The molecule has 2 rings (SSSR count). The maximum absolute atomic E-state index is 14.1. The van der Waals surface area contributed by atoms with Gasteiger partial charge in [-0.15, -0.1) is 0 Å². The summed E-state index contributed by atoms with van der Waals surface area (Å²) >= 11 is 0. The van der Waals surface area contributed by atoms with E-state index < -0.39 is 18.8 Å². The van der Waals surface area contributed by atoms with Crippen molar-refractivity contribution >= 4 is 12.6 Å². The molecule has 21 heavy (non-hydrogen) atoms. The maximum Gasteiger partial charge on any atom is 0.488 e. The van der Waals surface area contributed by atoms with Gasteiger partial charge in [-0.25, -0.2) is 4.39 Å². The van der Waals surface area contributed by atoms with Gasteiger partial charge in [0.25, 0.3) is 0 Å². The summed E-state index contributed by atoms with van der Waals surface area (Å²) in [4.78, 5) is 0. The van der Waals surface area contributed by atoms with Crippen LogP contribution in [-0.4, -0.2) is 23.8 Å². The van der Waals surface area contributed by atoms with E-state index in [1.807, 2.05) is 6.92 Å². The van der Waals surface area contributed by atoms with Crippen LogP contribution in [0.15, 0.2) is 36.4 Å². The van der Waals surface area contributed by atoms with Gasteiger partial charge in [0.1, 0.15) is 0 Å². The van der Waals surface area contributed by atoms with Crippen LogP contribution >= 0.6 is 0 Å². The molecule has 0 bridgehead atoms. The van der Waals surface area contributed by atoms with Gasteiger partial charge in [0.15, 0.2) is 11.6 Å². The fourth-order valence-corrected chi connectivity index (χ4v) is 1.91. The summed E-state index contributed by atoms with van der Waals surface area (Å²) in [5.41, 5.74) is 0.815. The lowest BCUT2D eigenvalue weighted by molar-refractivity contribution is 0.295. The zero-order chi connectivity index (χ0) is 15.4. The van der Waals surface area contributed by atoms with E-state index in [1.165, 1.54) is 36.4 Å². The van der Waals surface area contributed by atoms with Crippen LogP contribution in [0.25, 0.3) is 11.1 Å². The molecule has 3 nitrogen and oxygen atoms in total. The predicted octanol–water partition coefficient (Wildman–Crippen LogP) is 2.10. The topological polar surface area (TPSA) is 49.7 Å². The molecule has 6 heteroatoms. The average Bonchev–Trinajstić information content (AvgIpc) is 2.49. The first-order valence-corrected chi connectivity index (χ1v) is 6.61. The third-order valence-electron chi connectivity index (χ3n) is 3.03. The Labute approximate surface area is 122 Å². The van der Waals surface area contributed by atoms with E-state index in [1.54, 1.807) is 0 Å². The number of halogens is 2. The van der Waals surface area contributed by atoms with Crippen molar-refractivity contribution in [2.45, 2.75) is 13.3 Å². The third-order valence-corrected chi connectivity index (χ3v) is 3.03. The number of benzene rings is 2. The summed E-state index contributed by atoms with van der Waals surface area (Å²) in [5.74, 6) is -2.12. The molecule has 0 aromatic heterocycles. The quantitative estimate of drug-likeness (QED) is 0.830. The largest absolute Gasteiger partial charge is 0.490 e. The molecule has 2 N–H and O–H groups in total. The van der Waals surface area contributed by atoms with Gasteiger partial charge in [0.05, 0.1) is 6.61 Å². The van der Waals surface area contributed by atoms with Gasteiger partial charge in [0, 0.05) is 5.56 Å². The minimum Gasteiger partial charge on any atom is -0.490 e. The molecule has 2 aromatic carbocycles. The zero-order valence-corrected chi connectivity index (χ0v) is 11.5. The number of rotatable bonds is 5. The molecular weight excluding hydrogens is 277 g/mol. The second-order valence-corrected chi connectivity index (χ2v) is 4.58. The minimum absolute atomic E-state index is 0.0929. The fraction of sp³-hybridized carbons (Fsp3) is 0.200. The molecule has 0 saturated heterocycles. The van der Waals surface area contributed by atoms with E-state index in [4.69, 9.17) is 14.8 Å². The van der Waals surface area contributed by atoms with Gasteiger partial charge in [-0.05, 0) is 29.6 Å². The smallest absolute Gasteiger partial charge is 0.488 e. The van der Waals surface area contributed by atoms with Crippen LogP contribution in [0, 0.1) is 11.6 Å². The summed E-state index contributed by atoms with van der Waals surface area (Å²) in [5, 5.41) is 18.0. The Bertz CT molecular complexity index is 615. The highest BCUT2D eigenvalue weighted by molar-refractivity contribution is 6.58. The molecule has 0 aliphatic carbocycles. The molecule has 0 aliphatic rings. The first kappa shape index (κ1) is 15.5. The van der Waals surface area contributed by atoms with E-state index in [0.29, 0.717) is 18.6 Å². The van der Waals surface area contributed by atoms with Crippen molar-refractivity contribution in [3.63, 3.8) is 0 Å². The van der Waals surface area contributed by atoms with Crippen LogP contribution in [0.4, 0.5) is 8.78 Å². The van der Waals surface area contributed by atoms with E-state index >= 15 is 0 Å². The molecule has 0 unspecified atom stereocenters. The number of hydrogen-bond donors (Lipinski definition) is 2. The van der Waals surface area contributed by atoms with E-state index in [9.17, 15) is 8.78 Å². The van der Waals surface area contributed by atoms with Crippen molar-refractivity contribution in [2.75, 3.05) is 6.61 Å². The van der Waals surface area contributed by atoms with Crippen LogP contribution in [0.1, 0.15) is 13.3 Å². The summed E-state index contributed by atoms with van der Waals surface area (Å²) in [6, 6.07) is 8.71. The first-order valence-electron chi connectivity index (χ1n) is 6.61. The SMILES string of the molecule is CCCOc1ccc(-c2ccc(B(O)O)cc2)c(F)c1F. The Morgan fingerprint density at radius 2 is 1.67 bits per heavy atom. The highest BCUT2D eigenvalue weighted by Crippen LogP contribution is 2.29. The lowest BCUT2D eigenvalue weighted by atomic mass is 9.80. The van der Waals surface area contributed by atoms with Crippen LogP contribution < -0.4 is 10.2 Å². The molecule has 0 aliphatic heterocycles. The van der Waals surface area contributed by atoms with Crippen molar-refractivity contribution in [3.05, 3.63) is 48.0 Å². The summed E-state index contributed by atoms with van der Waals surface area (Å²) < 4.78 is 33.1. The molecular formula is C15H15BF2O3. The average molecular weight is 292 g/mol. The monoisotopic (exact) mass is 292 g/mol. The summed E-state index contributed by atoms with van der Waals surface area (Å²) in [6.45, 7) is 2.19. The second kappa shape index (κ2) is 6.69. The van der Waals surface area contributed by atoms with Crippen LogP contribution in [0.5, 0.6) is 5.75 Å². The standard InChI is InChI=1S/C15H15BF2O3/c1-2-9-21-13-8-7-12(14(17)15(13)18)10-3-5-11(6-4-10)16(19)20/h3-8,19-20H,2,9H2,1H3. The van der Waals surface area contributed by atoms with Crippen molar-refractivity contribution < 1.29 is 23.6 Å². The van der Waals surface area contributed by atoms with E-state index in [2.05, 4.69) is 0 Å². The maximum atomic E-state index is 14.1. The van der Waals surface area contributed by atoms with E-state index in [0.717, 1.165) is 0 Å². The normalized spacial score (nSPS) is 10.5. The van der Waals surface area contributed by atoms with Gasteiger partial charge >= 0.3 is 7.12 Å². The third kappa shape index (κ3) is 3.40. The van der Waals surface area contributed by atoms with Gasteiger partial charge < -0.3 is 14.8 Å². The molecule has 0 fully saturated rings. The highest BCUT2D eigenvalue weighted by Gasteiger charge is 2.16. The van der Waals surface area contributed by atoms with Gasteiger partial charge in [-0.3, -0.25) is 0 Å². The lowest BCUT2D eigenvalue weighted by Crippen LogP contribution is -2.29. The predicted molar refractivity (Wildman–Crippen MR) is 77.4 cm³/mol. The van der Waals surface area contributed by atoms with Gasteiger partial charge in [-0.2, -0.15) is 4.39 Å². The van der Waals surface area contributed by atoms with Crippen LogP contribution in [0.2, 0.25) is 0 Å². The molecule has 0 spiro atoms. The fourth-order valence-electron chi connectivity index (χ4n) is 1.91. The summed E-state index contributed by atoms with van der Waals surface area (Å²) in [6.07, 6.45) is 0.702. The molecule has 0 amide bonds.